The molecular formula is C17H17FN2O2S. The molecule has 1 aliphatic carbocycles. The molecule has 2 amide bonds. The lowest BCUT2D eigenvalue weighted by Crippen LogP contribution is -2.32. The Kier molecular flexibility index (Phi) is 4.71. The number of thiophene rings is 1. The molecule has 0 saturated carbocycles. The molecule has 120 valence electrons. The van der Waals surface area contributed by atoms with E-state index in [0.29, 0.717) is 24.0 Å². The van der Waals surface area contributed by atoms with Crippen LogP contribution in [-0.2, 0) is 11.2 Å². The van der Waals surface area contributed by atoms with Gasteiger partial charge in [-0.1, -0.05) is 12.1 Å². The van der Waals surface area contributed by atoms with Crippen LogP contribution in [0, 0.1) is 5.82 Å². The molecule has 0 spiro atoms. The zero-order valence-electron chi connectivity index (χ0n) is 12.5. The van der Waals surface area contributed by atoms with Crippen LogP contribution < -0.4 is 10.6 Å². The Morgan fingerprint density at radius 1 is 1.30 bits per heavy atom. The van der Waals surface area contributed by atoms with E-state index in [1.54, 1.807) is 17.5 Å². The second-order valence-electron chi connectivity index (χ2n) is 5.48. The maximum absolute atomic E-state index is 13.7. The van der Waals surface area contributed by atoms with E-state index >= 15 is 0 Å². The Balaban J connectivity index is 1.48. The van der Waals surface area contributed by atoms with Crippen LogP contribution in [0.1, 0.15) is 40.4 Å². The summed E-state index contributed by atoms with van der Waals surface area (Å²) in [6, 6.07) is 6.57. The zero-order chi connectivity index (χ0) is 16.2. The predicted octanol–water partition coefficient (Wildman–Crippen LogP) is 2.81. The first-order chi connectivity index (χ1) is 11.1. The summed E-state index contributed by atoms with van der Waals surface area (Å²) in [7, 11) is 0. The minimum absolute atomic E-state index is 0.138. The molecule has 2 aromatic rings. The quantitative estimate of drug-likeness (QED) is 0.884. The highest BCUT2D eigenvalue weighted by molar-refractivity contribution is 7.08. The summed E-state index contributed by atoms with van der Waals surface area (Å²) >= 11 is 1.45. The maximum Gasteiger partial charge on any atom is 0.252 e. The Morgan fingerprint density at radius 3 is 2.96 bits per heavy atom. The van der Waals surface area contributed by atoms with Crippen molar-refractivity contribution >= 4 is 23.2 Å². The summed E-state index contributed by atoms with van der Waals surface area (Å²) in [5, 5.41) is 9.23. The molecule has 1 aromatic heterocycles. The predicted molar refractivity (Wildman–Crippen MR) is 86.9 cm³/mol. The Hall–Kier alpha value is -2.21. The van der Waals surface area contributed by atoms with E-state index in [2.05, 4.69) is 10.6 Å². The van der Waals surface area contributed by atoms with Crippen molar-refractivity contribution in [2.24, 2.45) is 0 Å². The van der Waals surface area contributed by atoms with Crippen molar-refractivity contribution in [2.45, 2.75) is 25.3 Å². The van der Waals surface area contributed by atoms with Crippen LogP contribution in [0.15, 0.2) is 35.0 Å². The van der Waals surface area contributed by atoms with Crippen LogP contribution in [0.4, 0.5) is 4.39 Å². The molecule has 3 rings (SSSR count). The third kappa shape index (κ3) is 3.59. The van der Waals surface area contributed by atoms with E-state index in [-0.39, 0.29) is 36.6 Å². The monoisotopic (exact) mass is 332 g/mol. The van der Waals surface area contributed by atoms with Gasteiger partial charge in [-0.05, 0) is 41.5 Å². The fraction of sp³-hybridized carbons (Fsp3) is 0.294. The highest BCUT2D eigenvalue weighted by Crippen LogP contribution is 2.32. The second-order valence-corrected chi connectivity index (χ2v) is 6.26. The SMILES string of the molecule is O=C(CCNC(=O)c1ccsc1)NC1CCc2c(F)cccc21. The minimum Gasteiger partial charge on any atom is -0.351 e. The first-order valence-corrected chi connectivity index (χ1v) is 8.46. The van der Waals surface area contributed by atoms with Crippen molar-refractivity contribution in [1.29, 1.82) is 0 Å². The summed E-state index contributed by atoms with van der Waals surface area (Å²) < 4.78 is 13.7. The molecule has 1 aromatic carbocycles. The van der Waals surface area contributed by atoms with Gasteiger partial charge in [0.2, 0.25) is 5.91 Å². The van der Waals surface area contributed by atoms with Crippen molar-refractivity contribution < 1.29 is 14.0 Å². The second kappa shape index (κ2) is 6.91. The highest BCUT2D eigenvalue weighted by Gasteiger charge is 2.25. The van der Waals surface area contributed by atoms with Crippen molar-refractivity contribution in [1.82, 2.24) is 10.6 Å². The molecule has 2 N–H and O–H groups in total. The topological polar surface area (TPSA) is 58.2 Å². The van der Waals surface area contributed by atoms with Crippen LogP contribution >= 0.6 is 11.3 Å². The number of fused-ring (bicyclic) bond motifs is 1. The Bertz CT molecular complexity index is 715. The van der Waals surface area contributed by atoms with Gasteiger partial charge in [-0.2, -0.15) is 11.3 Å². The van der Waals surface area contributed by atoms with Crippen LogP contribution in [0.25, 0.3) is 0 Å². The molecule has 1 heterocycles. The smallest absolute Gasteiger partial charge is 0.252 e. The number of carbonyl (C=O) groups is 2. The molecule has 0 bridgehead atoms. The van der Waals surface area contributed by atoms with Gasteiger partial charge < -0.3 is 10.6 Å². The molecule has 0 radical (unpaired) electrons. The summed E-state index contributed by atoms with van der Waals surface area (Å²) in [5.41, 5.74) is 2.17. The van der Waals surface area contributed by atoms with Crippen LogP contribution in [0.3, 0.4) is 0 Å². The van der Waals surface area contributed by atoms with Gasteiger partial charge in [-0.3, -0.25) is 9.59 Å². The van der Waals surface area contributed by atoms with Gasteiger partial charge in [0, 0.05) is 23.9 Å². The number of amides is 2. The van der Waals surface area contributed by atoms with Gasteiger partial charge in [0.05, 0.1) is 6.04 Å². The van der Waals surface area contributed by atoms with E-state index < -0.39 is 0 Å². The van der Waals surface area contributed by atoms with Gasteiger partial charge in [-0.25, -0.2) is 4.39 Å². The molecule has 4 nitrogen and oxygen atoms in total. The van der Waals surface area contributed by atoms with Gasteiger partial charge in [0.1, 0.15) is 5.82 Å². The largest absolute Gasteiger partial charge is 0.351 e. The number of benzene rings is 1. The van der Waals surface area contributed by atoms with Crippen molar-refractivity contribution in [3.8, 4) is 0 Å². The van der Waals surface area contributed by atoms with Crippen molar-refractivity contribution in [3.63, 3.8) is 0 Å². The molecule has 1 atom stereocenters. The summed E-state index contributed by atoms with van der Waals surface area (Å²) in [6.45, 7) is 0.281. The lowest BCUT2D eigenvalue weighted by Gasteiger charge is -2.14. The molecule has 6 heteroatoms. The molecule has 1 unspecified atom stereocenters. The number of rotatable bonds is 5. The van der Waals surface area contributed by atoms with E-state index in [4.69, 9.17) is 0 Å². The van der Waals surface area contributed by atoms with E-state index in [1.165, 1.54) is 17.4 Å². The Morgan fingerprint density at radius 2 is 2.17 bits per heavy atom. The number of hydrogen-bond donors (Lipinski definition) is 2. The number of carbonyl (C=O) groups excluding carboxylic acids is 2. The zero-order valence-corrected chi connectivity index (χ0v) is 13.3. The standard InChI is InChI=1S/C17H17FN2O2S/c18-14-3-1-2-13-12(14)4-5-15(13)20-16(21)6-8-19-17(22)11-7-9-23-10-11/h1-3,7,9-10,15H,4-6,8H2,(H,19,22)(H,20,21). The third-order valence-electron chi connectivity index (χ3n) is 3.97. The fourth-order valence-corrected chi connectivity index (χ4v) is 3.45. The summed E-state index contributed by atoms with van der Waals surface area (Å²) in [6.07, 6.45) is 1.56. The molecule has 0 aliphatic heterocycles. The number of hydrogen-bond acceptors (Lipinski definition) is 3. The average Bonchev–Trinajstić information content (AvgIpc) is 3.18. The fourth-order valence-electron chi connectivity index (χ4n) is 2.81. The minimum atomic E-state index is -0.206. The number of nitrogens with one attached hydrogen (secondary N) is 2. The van der Waals surface area contributed by atoms with Gasteiger partial charge in [-0.15, -0.1) is 0 Å². The van der Waals surface area contributed by atoms with Gasteiger partial charge in [0.25, 0.3) is 5.91 Å². The molecule has 0 saturated heterocycles. The lowest BCUT2D eigenvalue weighted by molar-refractivity contribution is -0.121. The van der Waals surface area contributed by atoms with Crippen LogP contribution in [0.5, 0.6) is 0 Å². The van der Waals surface area contributed by atoms with Gasteiger partial charge in [0.15, 0.2) is 0 Å². The normalized spacial score (nSPS) is 16.0. The molecular weight excluding hydrogens is 315 g/mol. The highest BCUT2D eigenvalue weighted by atomic mass is 32.1. The summed E-state index contributed by atoms with van der Waals surface area (Å²) in [4.78, 5) is 23.8. The maximum atomic E-state index is 13.7. The van der Waals surface area contributed by atoms with E-state index in [0.717, 1.165) is 5.56 Å². The molecule has 0 fully saturated rings. The first kappa shape index (κ1) is 15.7. The van der Waals surface area contributed by atoms with E-state index in [9.17, 15) is 14.0 Å². The first-order valence-electron chi connectivity index (χ1n) is 7.52. The van der Waals surface area contributed by atoms with Crippen LogP contribution in [-0.4, -0.2) is 18.4 Å². The average molecular weight is 332 g/mol. The Labute approximate surface area is 137 Å². The van der Waals surface area contributed by atoms with Gasteiger partial charge >= 0.3 is 0 Å². The van der Waals surface area contributed by atoms with Crippen molar-refractivity contribution in [3.05, 3.63) is 57.5 Å². The molecule has 1 aliphatic rings. The molecule has 23 heavy (non-hydrogen) atoms. The van der Waals surface area contributed by atoms with E-state index in [1.807, 2.05) is 11.4 Å². The number of halogens is 1. The third-order valence-corrected chi connectivity index (χ3v) is 4.65. The van der Waals surface area contributed by atoms with Crippen molar-refractivity contribution in [2.75, 3.05) is 6.54 Å². The van der Waals surface area contributed by atoms with Crippen LogP contribution in [0.2, 0.25) is 0 Å². The summed E-state index contributed by atoms with van der Waals surface area (Å²) in [5.74, 6) is -0.521. The lowest BCUT2D eigenvalue weighted by atomic mass is 10.1.